The summed E-state index contributed by atoms with van der Waals surface area (Å²) < 4.78 is 28.9. The fourth-order valence-corrected chi connectivity index (χ4v) is 6.52. The van der Waals surface area contributed by atoms with Gasteiger partial charge in [0.25, 0.3) is 0 Å². The van der Waals surface area contributed by atoms with Gasteiger partial charge in [-0.1, -0.05) is 12.1 Å². The predicted octanol–water partition coefficient (Wildman–Crippen LogP) is 1.92. The van der Waals surface area contributed by atoms with E-state index in [4.69, 9.17) is 23.7 Å². The Bertz CT molecular complexity index is 1530. The maximum Gasteiger partial charge on any atom is 0.202 e. The van der Waals surface area contributed by atoms with Crippen molar-refractivity contribution in [1.82, 2.24) is 4.90 Å². The molecule has 0 spiro atoms. The van der Waals surface area contributed by atoms with Crippen LogP contribution in [0.3, 0.4) is 0 Å². The number of hydrogen-bond donors (Lipinski definition) is 3. The van der Waals surface area contributed by atoms with Gasteiger partial charge in [0.05, 0.1) is 42.1 Å². The summed E-state index contributed by atoms with van der Waals surface area (Å²) in [5.41, 5.74) is -3.09. The van der Waals surface area contributed by atoms with Crippen molar-refractivity contribution in [2.45, 2.75) is 62.4 Å². The Morgan fingerprint density at radius 1 is 0.962 bits per heavy atom. The molecule has 2 aromatic rings. The number of phenolic OH excluding ortho intramolecular Hbond substituents is 2. The van der Waals surface area contributed by atoms with Crippen LogP contribution in [0.1, 0.15) is 68.8 Å². The van der Waals surface area contributed by atoms with Gasteiger partial charge in [-0.05, 0) is 20.0 Å². The molecule has 6 rings (SSSR count). The number of fused-ring (bicyclic) bond motifs is 4. The van der Waals surface area contributed by atoms with Gasteiger partial charge in [-0.2, -0.15) is 0 Å². The molecule has 52 heavy (non-hydrogen) atoms. The summed E-state index contributed by atoms with van der Waals surface area (Å²) in [6, 6.07) is 4.25. The van der Waals surface area contributed by atoms with Gasteiger partial charge < -0.3 is 55.6 Å². The molecule has 2 heterocycles. The van der Waals surface area contributed by atoms with Crippen molar-refractivity contribution < 1.29 is 239 Å². The number of ketones is 3. The first-order valence-corrected chi connectivity index (χ1v) is 13.5. The van der Waals surface area contributed by atoms with Crippen LogP contribution < -0.4 is 4.74 Å². The molecule has 2 aliphatic carbocycles. The summed E-state index contributed by atoms with van der Waals surface area (Å²) in [5.74, 6) is -3.36. The van der Waals surface area contributed by atoms with Crippen molar-refractivity contribution in [3.05, 3.63) is 65.2 Å². The van der Waals surface area contributed by atoms with E-state index in [1.165, 1.54) is 25.3 Å². The normalized spacial score (nSPS) is 25.0. The molecule has 10 radical (unpaired) electrons. The number of ether oxygens (including phenoxy) is 5. The summed E-state index contributed by atoms with van der Waals surface area (Å²) in [6.07, 6.45) is -3.44. The molecule has 12 nitrogen and oxygen atoms in total. The number of carbonyl (C=O) groups is 3. The van der Waals surface area contributed by atoms with Gasteiger partial charge in [0.1, 0.15) is 29.6 Å². The van der Waals surface area contributed by atoms with Gasteiger partial charge in [0.15, 0.2) is 12.1 Å². The largest absolute Gasteiger partial charge is 0.517 e. The maximum absolute atomic E-state index is 13.8. The Balaban J connectivity index is -0.000000736. The molecular formula is C30H31NO11V10-2. The average Bonchev–Trinajstić information content (AvgIpc) is 3.14. The number of benzene rings is 2. The average molecular weight is 1090 g/mol. The van der Waals surface area contributed by atoms with Crippen molar-refractivity contribution in [3.63, 3.8) is 0 Å². The topological polar surface area (TPSA) is 161 Å². The van der Waals surface area contributed by atoms with Gasteiger partial charge in [-0.3, -0.25) is 9.59 Å². The van der Waals surface area contributed by atoms with Crippen molar-refractivity contribution in [2.24, 2.45) is 0 Å². The molecule has 0 aromatic heterocycles. The molecule has 4 aliphatic rings. The molecule has 3 N–H and O–H groups in total. The summed E-state index contributed by atoms with van der Waals surface area (Å²) in [5, 5.41) is 34.4. The van der Waals surface area contributed by atoms with Crippen LogP contribution in [0.25, 0.3) is 0 Å². The number of rotatable bonds is 4. The second-order valence-electron chi connectivity index (χ2n) is 11.1. The number of phenols is 2. The van der Waals surface area contributed by atoms with E-state index < -0.39 is 70.5 Å². The fraction of sp³-hybridized carbons (Fsp3) is 0.433. The molecule has 0 amide bonds. The van der Waals surface area contributed by atoms with Crippen molar-refractivity contribution in [3.8, 4) is 17.2 Å². The summed E-state index contributed by atoms with van der Waals surface area (Å²) in [6.45, 7) is 6.80. The Morgan fingerprint density at radius 3 is 2.13 bits per heavy atom. The molecular weight excluding hydrogens is 1060 g/mol. The van der Waals surface area contributed by atoms with Crippen molar-refractivity contribution in [2.75, 3.05) is 21.0 Å². The molecule has 0 bridgehead atoms. The van der Waals surface area contributed by atoms with E-state index in [0.717, 1.165) is 0 Å². The zero-order chi connectivity index (χ0) is 30.1. The Labute approximate surface area is 421 Å². The number of likely N-dealkylation sites (N-methyl/N-ethyl adjacent to an activating group) is 1. The Hall–Kier alpha value is 2.32. The molecule has 2 saturated heterocycles. The third kappa shape index (κ3) is 11.5. The molecule has 2 aliphatic heterocycles. The predicted molar refractivity (Wildman–Crippen MR) is 143 cm³/mol. The van der Waals surface area contributed by atoms with Crippen LogP contribution in [0.5, 0.6) is 17.2 Å². The van der Waals surface area contributed by atoms with Gasteiger partial charge in [0, 0.05) is 233 Å². The van der Waals surface area contributed by atoms with E-state index in [2.05, 4.69) is 6.92 Å². The van der Waals surface area contributed by atoms with Crippen LogP contribution in [0.15, 0.2) is 18.2 Å². The standard InChI is InChI=1S/C30H31NO11.10V/c1-13-29-17(31(3)11-39-12-40-29)8-20(41-13)42-19-10-30(37,14(2)32)9-16-22(19)28(36)24-23(26(16)34)25(33)15-6-5-7-18(38-4)21(15)27(24)35;;;;;;;;;;/h5-7,11,13,17,19-20,29,34,36-37H,2,8-10,12H2,1,3-4H3;;;;;;;;;;/q-2;;;;;;;;;;/t13-,17-,19-,20-,29+,30-;;;;;;;;;;/m0........../s1. The number of aromatic hydroxyl groups is 2. The zero-order valence-electron chi connectivity index (χ0n) is 27.8. The Morgan fingerprint density at radius 2 is 1.56 bits per heavy atom. The monoisotopic (exact) mass is 1090 g/mol. The molecule has 0 saturated carbocycles. The number of methoxy groups -OCH3 is 1. The molecule has 274 valence electrons. The number of Topliss-reactive ketones (excluding diaryl/α,β-unsaturated/α-hetero) is 1. The maximum atomic E-state index is 13.8. The fourth-order valence-electron chi connectivity index (χ4n) is 6.52. The first-order chi connectivity index (χ1) is 20.0. The third-order valence-electron chi connectivity index (χ3n) is 8.65. The summed E-state index contributed by atoms with van der Waals surface area (Å²) in [4.78, 5) is 41.8. The SMILES string of the molecule is [CH2-]C(=O)[C@]1(O)Cc2c(O)c3c(c(O)c2[C@@H](O[C@H]2C[C@H]4[C@H](OCO[CH-]N4C)[C@H](C)O2)C1)C(=O)c1c(OC)cccc1C3=O.[V].[V].[V].[V].[V].[V].[V].[V].[V].[V]. The van der Waals surface area contributed by atoms with E-state index in [1.807, 2.05) is 18.9 Å². The first kappa shape index (κ1) is 63.5. The molecule has 0 unspecified atom stereocenters. The van der Waals surface area contributed by atoms with Gasteiger partial charge in [-0.15, -0.1) is 6.73 Å². The quantitative estimate of drug-likeness (QED) is 0.258. The van der Waals surface area contributed by atoms with E-state index in [0.29, 0.717) is 0 Å². The zero-order valence-corrected chi connectivity index (χ0v) is 41.7. The minimum Gasteiger partial charge on any atom is -0.517 e. The van der Waals surface area contributed by atoms with Crippen LogP contribution in [0, 0.1) is 13.7 Å². The van der Waals surface area contributed by atoms with E-state index in [9.17, 15) is 29.7 Å². The van der Waals surface area contributed by atoms with Crippen LogP contribution in [-0.4, -0.2) is 88.7 Å². The Kier molecular flexibility index (Phi) is 31.4. The second kappa shape index (κ2) is 25.7. The van der Waals surface area contributed by atoms with E-state index in [1.54, 1.807) is 6.73 Å². The van der Waals surface area contributed by atoms with Gasteiger partial charge in [0.2, 0.25) is 5.78 Å². The molecule has 2 fully saturated rings. The van der Waals surface area contributed by atoms with Crippen LogP contribution in [0.4, 0.5) is 0 Å². The summed E-state index contributed by atoms with van der Waals surface area (Å²) in [7, 11) is 3.17. The molecule has 2 aromatic carbocycles. The van der Waals surface area contributed by atoms with Crippen LogP contribution >= 0.6 is 0 Å². The van der Waals surface area contributed by atoms with E-state index in [-0.39, 0.29) is 245 Å². The number of aliphatic hydroxyl groups is 1. The first-order valence-electron chi connectivity index (χ1n) is 13.5. The number of hydrogen-bond acceptors (Lipinski definition) is 12. The van der Waals surface area contributed by atoms with Gasteiger partial charge in [-0.25, -0.2) is 0 Å². The van der Waals surface area contributed by atoms with Crippen LogP contribution in [0.2, 0.25) is 0 Å². The molecule has 22 heteroatoms. The van der Waals surface area contributed by atoms with Crippen molar-refractivity contribution >= 4 is 17.3 Å². The minimum atomic E-state index is -2.09. The molecule has 6 atom stereocenters. The number of nitrogens with zero attached hydrogens (tertiary/aromatic N) is 1. The number of carbonyl (C=O) groups excluding carboxylic acids is 3. The van der Waals surface area contributed by atoms with E-state index >= 15 is 0 Å². The third-order valence-corrected chi connectivity index (χ3v) is 8.65. The van der Waals surface area contributed by atoms with Crippen molar-refractivity contribution in [1.29, 1.82) is 0 Å². The second-order valence-corrected chi connectivity index (χ2v) is 11.1. The minimum absolute atomic E-state index is 0. The summed E-state index contributed by atoms with van der Waals surface area (Å²) >= 11 is 0. The van der Waals surface area contributed by atoms with Gasteiger partial charge >= 0.3 is 0 Å². The smallest absolute Gasteiger partial charge is 0.202 e. The van der Waals surface area contributed by atoms with Crippen LogP contribution in [-0.2, 0) is 216 Å².